The average molecular weight is 447 g/mol. The van der Waals surface area contributed by atoms with Crippen molar-refractivity contribution in [3.05, 3.63) is 42.5 Å². The maximum Gasteiger partial charge on any atom is 0.307 e. The fourth-order valence-corrected chi connectivity index (χ4v) is 1.81. The Morgan fingerprint density at radius 2 is 2.08 bits per heavy atom. The number of ether oxygens (including phenoxy) is 2. The van der Waals surface area contributed by atoms with Crippen LogP contribution in [0.15, 0.2) is 41.9 Å². The van der Waals surface area contributed by atoms with Crippen molar-refractivity contribution < 1.29 is 14.3 Å². The molecule has 0 spiro atoms. The van der Waals surface area contributed by atoms with Crippen molar-refractivity contribution in [2.45, 2.75) is 19.9 Å². The topological polar surface area (TPSA) is 72.0 Å². The molecule has 6 nitrogen and oxygen atoms in total. The van der Waals surface area contributed by atoms with Crippen molar-refractivity contribution in [3.63, 3.8) is 0 Å². The third kappa shape index (κ3) is 8.76. The normalized spacial score (nSPS) is 10.3. The zero-order valence-electron chi connectivity index (χ0n) is 14.2. The van der Waals surface area contributed by atoms with Crippen LogP contribution < -0.4 is 15.4 Å². The van der Waals surface area contributed by atoms with E-state index in [-0.39, 0.29) is 29.9 Å². The molecule has 0 aliphatic heterocycles. The number of guanidine groups is 1. The minimum Gasteiger partial charge on any atom is -0.489 e. The second-order valence-electron chi connectivity index (χ2n) is 4.66. The minimum absolute atomic E-state index is 0. The van der Waals surface area contributed by atoms with Crippen LogP contribution in [0.5, 0.6) is 5.75 Å². The van der Waals surface area contributed by atoms with Gasteiger partial charge in [-0.25, -0.2) is 4.99 Å². The Bertz CT molecular complexity index is 536. The summed E-state index contributed by atoms with van der Waals surface area (Å²) in [7, 11) is 1.38. The zero-order chi connectivity index (χ0) is 16.9. The van der Waals surface area contributed by atoms with Gasteiger partial charge in [-0.3, -0.25) is 4.79 Å². The number of para-hydroxylation sites is 1. The number of methoxy groups -OCH3 is 1. The molecule has 0 amide bonds. The smallest absolute Gasteiger partial charge is 0.307 e. The number of hydrogen-bond donors (Lipinski definition) is 2. The number of esters is 1. The molecule has 0 atom stereocenters. The van der Waals surface area contributed by atoms with Crippen LogP contribution >= 0.6 is 24.0 Å². The lowest BCUT2D eigenvalue weighted by atomic mass is 10.2. The molecule has 0 unspecified atom stereocenters. The Kier molecular flexibility index (Phi) is 12.6. The Labute approximate surface area is 160 Å². The van der Waals surface area contributed by atoms with E-state index in [1.165, 1.54) is 7.11 Å². The Balaban J connectivity index is 0.00000529. The molecule has 2 N–H and O–H groups in total. The summed E-state index contributed by atoms with van der Waals surface area (Å²) >= 11 is 0. The molecule has 0 aromatic heterocycles. The van der Waals surface area contributed by atoms with Gasteiger partial charge in [0.25, 0.3) is 0 Å². The van der Waals surface area contributed by atoms with Crippen LogP contribution in [0.3, 0.4) is 0 Å². The Morgan fingerprint density at radius 1 is 1.33 bits per heavy atom. The maximum atomic E-state index is 11.1. The van der Waals surface area contributed by atoms with Crippen molar-refractivity contribution >= 4 is 35.9 Å². The first-order chi connectivity index (χ1) is 11.2. The molecule has 0 fully saturated rings. The first-order valence-electron chi connectivity index (χ1n) is 7.61. The number of hydrogen-bond acceptors (Lipinski definition) is 4. The highest BCUT2D eigenvalue weighted by Gasteiger charge is 2.04. The van der Waals surface area contributed by atoms with Crippen molar-refractivity contribution in [3.8, 4) is 5.75 Å². The van der Waals surface area contributed by atoms with Gasteiger partial charge in [-0.15, -0.1) is 24.0 Å². The van der Waals surface area contributed by atoms with Gasteiger partial charge in [-0.1, -0.05) is 30.9 Å². The Morgan fingerprint density at radius 3 is 2.75 bits per heavy atom. The van der Waals surface area contributed by atoms with E-state index in [1.54, 1.807) is 6.08 Å². The van der Waals surface area contributed by atoms with E-state index in [0.29, 0.717) is 32.1 Å². The molecular weight excluding hydrogens is 421 g/mol. The van der Waals surface area contributed by atoms with Gasteiger partial charge in [0.2, 0.25) is 0 Å². The van der Waals surface area contributed by atoms with E-state index < -0.39 is 0 Å². The summed E-state index contributed by atoms with van der Waals surface area (Å²) in [5.41, 5.74) is 0.986. The van der Waals surface area contributed by atoms with E-state index in [4.69, 9.17) is 4.74 Å². The molecule has 134 valence electrons. The highest BCUT2D eigenvalue weighted by molar-refractivity contribution is 14.0. The molecule has 0 aliphatic rings. The SMILES string of the molecule is C=CCOc1ccccc1CN=C(NCC)NCCC(=O)OC.I. The van der Waals surface area contributed by atoms with E-state index in [1.807, 2.05) is 31.2 Å². The summed E-state index contributed by atoms with van der Waals surface area (Å²) in [5, 5.41) is 6.24. The van der Waals surface area contributed by atoms with Crippen LogP contribution in [0.2, 0.25) is 0 Å². The molecule has 0 radical (unpaired) electrons. The molecule has 0 heterocycles. The molecule has 0 saturated carbocycles. The van der Waals surface area contributed by atoms with Gasteiger partial charge in [0.15, 0.2) is 5.96 Å². The van der Waals surface area contributed by atoms with Crippen molar-refractivity contribution in [1.29, 1.82) is 0 Å². The molecule has 0 aliphatic carbocycles. The van der Waals surface area contributed by atoms with E-state index >= 15 is 0 Å². The summed E-state index contributed by atoms with van der Waals surface area (Å²) < 4.78 is 10.2. The van der Waals surface area contributed by atoms with Crippen LogP contribution in [0.1, 0.15) is 18.9 Å². The predicted octanol–water partition coefficient (Wildman–Crippen LogP) is 2.49. The molecule has 1 aromatic rings. The number of carbonyl (C=O) groups is 1. The van der Waals surface area contributed by atoms with Gasteiger partial charge in [0.05, 0.1) is 20.1 Å². The van der Waals surface area contributed by atoms with Crippen molar-refractivity contribution in [2.24, 2.45) is 4.99 Å². The third-order valence-corrected chi connectivity index (χ3v) is 2.93. The standard InChI is InChI=1S/C17H25N3O3.HI/c1-4-12-23-15-9-7-6-8-14(15)13-20-17(18-5-2)19-11-10-16(21)22-3;/h4,6-9H,1,5,10-13H2,2-3H3,(H2,18,19,20);1H. The van der Waals surface area contributed by atoms with Gasteiger partial charge in [-0.05, 0) is 13.0 Å². The van der Waals surface area contributed by atoms with E-state index in [2.05, 4.69) is 26.9 Å². The van der Waals surface area contributed by atoms with E-state index in [0.717, 1.165) is 17.9 Å². The van der Waals surface area contributed by atoms with Gasteiger partial charge in [-0.2, -0.15) is 0 Å². The summed E-state index contributed by atoms with van der Waals surface area (Å²) in [5.74, 6) is 1.19. The largest absolute Gasteiger partial charge is 0.489 e. The van der Waals surface area contributed by atoms with Crippen LogP contribution in [-0.4, -0.2) is 38.7 Å². The first kappa shape index (κ1) is 22.2. The second kappa shape index (κ2) is 13.6. The molecule has 24 heavy (non-hydrogen) atoms. The summed E-state index contributed by atoms with van der Waals surface area (Å²) in [4.78, 5) is 15.6. The van der Waals surface area contributed by atoms with Gasteiger partial charge in [0.1, 0.15) is 12.4 Å². The number of nitrogens with zero attached hydrogens (tertiary/aromatic N) is 1. The fraction of sp³-hybridized carbons (Fsp3) is 0.412. The van der Waals surface area contributed by atoms with Crippen molar-refractivity contribution in [2.75, 3.05) is 26.8 Å². The zero-order valence-corrected chi connectivity index (χ0v) is 16.5. The number of nitrogens with one attached hydrogen (secondary N) is 2. The van der Waals surface area contributed by atoms with E-state index in [9.17, 15) is 4.79 Å². The second-order valence-corrected chi connectivity index (χ2v) is 4.66. The lowest BCUT2D eigenvalue weighted by Crippen LogP contribution is -2.38. The molecule has 0 bridgehead atoms. The van der Waals surface area contributed by atoms with Gasteiger partial charge >= 0.3 is 5.97 Å². The van der Waals surface area contributed by atoms with Crippen LogP contribution in [0.25, 0.3) is 0 Å². The highest BCUT2D eigenvalue weighted by Crippen LogP contribution is 2.18. The third-order valence-electron chi connectivity index (χ3n) is 2.93. The highest BCUT2D eigenvalue weighted by atomic mass is 127. The molecule has 7 heteroatoms. The lowest BCUT2D eigenvalue weighted by Gasteiger charge is -2.12. The van der Waals surface area contributed by atoms with Gasteiger partial charge < -0.3 is 20.1 Å². The minimum atomic E-state index is -0.253. The van der Waals surface area contributed by atoms with Crippen LogP contribution in [0, 0.1) is 0 Å². The molecular formula is C17H26IN3O3. The molecule has 1 aromatic carbocycles. The predicted molar refractivity (Wildman–Crippen MR) is 107 cm³/mol. The van der Waals surface area contributed by atoms with Gasteiger partial charge in [0, 0.05) is 18.7 Å². The molecule has 1 rings (SSSR count). The number of carbonyl (C=O) groups excluding carboxylic acids is 1. The number of benzene rings is 1. The quantitative estimate of drug-likeness (QED) is 0.200. The van der Waals surface area contributed by atoms with Crippen LogP contribution in [0.4, 0.5) is 0 Å². The lowest BCUT2D eigenvalue weighted by molar-refractivity contribution is -0.140. The summed E-state index contributed by atoms with van der Waals surface area (Å²) in [6.45, 7) is 7.76. The summed E-state index contributed by atoms with van der Waals surface area (Å²) in [6, 6.07) is 7.75. The number of aliphatic imine (C=N–C) groups is 1. The molecule has 0 saturated heterocycles. The van der Waals surface area contributed by atoms with Crippen molar-refractivity contribution in [1.82, 2.24) is 10.6 Å². The van der Waals surface area contributed by atoms with Crippen LogP contribution in [-0.2, 0) is 16.1 Å². The Hall–Kier alpha value is -1.77. The number of rotatable bonds is 9. The first-order valence-corrected chi connectivity index (χ1v) is 7.61. The number of halogens is 1. The monoisotopic (exact) mass is 447 g/mol. The fourth-order valence-electron chi connectivity index (χ4n) is 1.81. The summed E-state index contributed by atoms with van der Waals surface area (Å²) in [6.07, 6.45) is 2.00. The average Bonchev–Trinajstić information content (AvgIpc) is 2.58. The maximum absolute atomic E-state index is 11.1.